The molecule has 0 saturated carbocycles. The van der Waals surface area contributed by atoms with Crippen LogP contribution >= 0.6 is 0 Å². The first-order chi connectivity index (χ1) is 7.95. The maximum absolute atomic E-state index is 8.81. The topological polar surface area (TPSA) is 32.3 Å². The minimum atomic E-state index is 0.0366. The van der Waals surface area contributed by atoms with Gasteiger partial charge in [0.15, 0.2) is 0 Å². The molecule has 0 spiro atoms. The highest BCUT2D eigenvalue weighted by Gasteiger charge is 2.19. The summed E-state index contributed by atoms with van der Waals surface area (Å²) in [4.78, 5) is 0. The second-order valence-corrected chi connectivity index (χ2v) is 5.76. The Morgan fingerprint density at radius 2 is 1.76 bits per heavy atom. The summed E-state index contributed by atoms with van der Waals surface area (Å²) >= 11 is 0. The van der Waals surface area contributed by atoms with Crippen molar-refractivity contribution in [3.63, 3.8) is 0 Å². The molecule has 0 aromatic heterocycles. The molecule has 2 heteroatoms. The molecular formula is C15H25NO. The maximum atomic E-state index is 8.81. The molecule has 0 unspecified atom stereocenters. The van der Waals surface area contributed by atoms with E-state index in [4.69, 9.17) is 5.11 Å². The first kappa shape index (κ1) is 14.2. The Balaban J connectivity index is 2.72. The van der Waals surface area contributed by atoms with Crippen molar-refractivity contribution in [2.45, 2.75) is 39.5 Å². The van der Waals surface area contributed by atoms with Crippen LogP contribution in [0.1, 0.15) is 38.8 Å². The molecule has 0 bridgehead atoms. The number of aliphatic hydroxyl groups excluding tert-OH is 1. The average molecular weight is 235 g/mol. The molecular weight excluding hydrogens is 210 g/mol. The van der Waals surface area contributed by atoms with Gasteiger partial charge in [0, 0.05) is 12.0 Å². The Labute approximate surface area is 105 Å². The van der Waals surface area contributed by atoms with Gasteiger partial charge >= 0.3 is 0 Å². The third-order valence-electron chi connectivity index (χ3n) is 3.06. The first-order valence-electron chi connectivity index (χ1n) is 6.36. The SMILES string of the molecule is CC(C)Cc1ccc(C(C)(C)CNCO)cc1. The number of nitrogens with one attached hydrogen (secondary N) is 1. The highest BCUT2D eigenvalue weighted by Crippen LogP contribution is 2.23. The third-order valence-corrected chi connectivity index (χ3v) is 3.06. The highest BCUT2D eigenvalue weighted by atomic mass is 16.3. The van der Waals surface area contributed by atoms with Gasteiger partial charge in [-0.05, 0) is 23.5 Å². The summed E-state index contributed by atoms with van der Waals surface area (Å²) < 4.78 is 0. The average Bonchev–Trinajstić information content (AvgIpc) is 2.26. The number of rotatable bonds is 6. The lowest BCUT2D eigenvalue weighted by molar-refractivity contribution is 0.247. The van der Waals surface area contributed by atoms with Crippen LogP contribution in [-0.4, -0.2) is 18.4 Å². The maximum Gasteiger partial charge on any atom is 0.0931 e. The fourth-order valence-electron chi connectivity index (χ4n) is 2.03. The van der Waals surface area contributed by atoms with Crippen LogP contribution in [0.5, 0.6) is 0 Å². The monoisotopic (exact) mass is 235 g/mol. The van der Waals surface area contributed by atoms with Gasteiger partial charge in [-0.1, -0.05) is 52.0 Å². The van der Waals surface area contributed by atoms with E-state index < -0.39 is 0 Å². The summed E-state index contributed by atoms with van der Waals surface area (Å²) in [6, 6.07) is 8.85. The molecule has 1 aromatic rings. The largest absolute Gasteiger partial charge is 0.381 e. The van der Waals surface area contributed by atoms with Crippen LogP contribution in [0.25, 0.3) is 0 Å². The molecule has 1 aromatic carbocycles. The molecule has 0 saturated heterocycles. The zero-order valence-electron chi connectivity index (χ0n) is 11.5. The minimum Gasteiger partial charge on any atom is -0.381 e. The molecule has 0 fully saturated rings. The molecule has 96 valence electrons. The van der Waals surface area contributed by atoms with Gasteiger partial charge in [-0.25, -0.2) is 0 Å². The Morgan fingerprint density at radius 3 is 2.24 bits per heavy atom. The second-order valence-electron chi connectivity index (χ2n) is 5.76. The van der Waals surface area contributed by atoms with Crippen LogP contribution in [0.15, 0.2) is 24.3 Å². The van der Waals surface area contributed by atoms with Gasteiger partial charge < -0.3 is 5.11 Å². The van der Waals surface area contributed by atoms with E-state index in [1.54, 1.807) is 0 Å². The number of hydrogen-bond acceptors (Lipinski definition) is 2. The van der Waals surface area contributed by atoms with Crippen LogP contribution in [0.3, 0.4) is 0 Å². The molecule has 0 heterocycles. The van der Waals surface area contributed by atoms with Gasteiger partial charge in [-0.2, -0.15) is 0 Å². The molecule has 1 rings (SSSR count). The van der Waals surface area contributed by atoms with Crippen molar-refractivity contribution in [1.82, 2.24) is 5.32 Å². The smallest absolute Gasteiger partial charge is 0.0931 e. The van der Waals surface area contributed by atoms with E-state index in [0.717, 1.165) is 13.0 Å². The molecule has 0 atom stereocenters. The van der Waals surface area contributed by atoms with E-state index >= 15 is 0 Å². The van der Waals surface area contributed by atoms with Crippen LogP contribution in [-0.2, 0) is 11.8 Å². The fourth-order valence-corrected chi connectivity index (χ4v) is 2.03. The van der Waals surface area contributed by atoms with E-state index in [0.29, 0.717) is 5.92 Å². The van der Waals surface area contributed by atoms with E-state index in [1.807, 2.05) is 0 Å². The van der Waals surface area contributed by atoms with Crippen LogP contribution in [0.4, 0.5) is 0 Å². The minimum absolute atomic E-state index is 0.0366. The van der Waals surface area contributed by atoms with Crippen molar-refractivity contribution in [3.8, 4) is 0 Å². The summed E-state index contributed by atoms with van der Waals surface area (Å²) in [6.45, 7) is 9.67. The van der Waals surface area contributed by atoms with Crippen molar-refractivity contribution >= 4 is 0 Å². The predicted octanol–water partition coefficient (Wildman–Crippen LogP) is 2.70. The second kappa shape index (κ2) is 6.18. The molecule has 2 nitrogen and oxygen atoms in total. The van der Waals surface area contributed by atoms with Gasteiger partial charge in [-0.15, -0.1) is 0 Å². The van der Waals surface area contributed by atoms with Crippen molar-refractivity contribution in [1.29, 1.82) is 0 Å². The van der Waals surface area contributed by atoms with Crippen molar-refractivity contribution in [2.24, 2.45) is 5.92 Å². The normalized spacial score (nSPS) is 12.1. The van der Waals surface area contributed by atoms with E-state index in [-0.39, 0.29) is 12.1 Å². The Kier molecular flexibility index (Phi) is 5.16. The molecule has 0 amide bonds. The van der Waals surface area contributed by atoms with Crippen molar-refractivity contribution < 1.29 is 5.11 Å². The molecule has 17 heavy (non-hydrogen) atoms. The van der Waals surface area contributed by atoms with Gasteiger partial charge in [0.25, 0.3) is 0 Å². The number of aliphatic hydroxyl groups is 1. The lowest BCUT2D eigenvalue weighted by Gasteiger charge is -2.25. The first-order valence-corrected chi connectivity index (χ1v) is 6.36. The summed E-state index contributed by atoms with van der Waals surface area (Å²) in [5.74, 6) is 0.699. The van der Waals surface area contributed by atoms with E-state index in [1.165, 1.54) is 11.1 Å². The van der Waals surface area contributed by atoms with Crippen molar-refractivity contribution in [2.75, 3.05) is 13.3 Å². The summed E-state index contributed by atoms with van der Waals surface area (Å²) in [5, 5.41) is 11.8. The summed E-state index contributed by atoms with van der Waals surface area (Å²) in [7, 11) is 0. The zero-order chi connectivity index (χ0) is 12.9. The van der Waals surface area contributed by atoms with Gasteiger partial charge in [0.2, 0.25) is 0 Å². The molecule has 0 aliphatic rings. The number of hydrogen-bond donors (Lipinski definition) is 2. The molecule has 0 aliphatic heterocycles. The lowest BCUT2D eigenvalue weighted by atomic mass is 9.84. The van der Waals surface area contributed by atoms with E-state index in [9.17, 15) is 0 Å². The Morgan fingerprint density at radius 1 is 1.18 bits per heavy atom. The Hall–Kier alpha value is -0.860. The molecule has 0 aliphatic carbocycles. The predicted molar refractivity (Wildman–Crippen MR) is 73.1 cm³/mol. The van der Waals surface area contributed by atoms with Gasteiger partial charge in [0.1, 0.15) is 0 Å². The fraction of sp³-hybridized carbons (Fsp3) is 0.600. The lowest BCUT2D eigenvalue weighted by Crippen LogP contribution is -2.33. The highest BCUT2D eigenvalue weighted by molar-refractivity contribution is 5.28. The summed E-state index contributed by atoms with van der Waals surface area (Å²) in [5.41, 5.74) is 2.76. The summed E-state index contributed by atoms with van der Waals surface area (Å²) in [6.07, 6.45) is 1.13. The standard InChI is InChI=1S/C15H25NO/c1-12(2)9-13-5-7-14(8-6-13)15(3,4)10-16-11-17/h5-8,12,16-17H,9-11H2,1-4H3. The van der Waals surface area contributed by atoms with Gasteiger partial charge in [-0.3, -0.25) is 5.32 Å². The third kappa shape index (κ3) is 4.49. The quantitative estimate of drug-likeness (QED) is 0.743. The van der Waals surface area contributed by atoms with Crippen LogP contribution in [0, 0.1) is 5.92 Å². The molecule has 2 N–H and O–H groups in total. The number of benzene rings is 1. The Bertz CT molecular complexity index is 327. The van der Waals surface area contributed by atoms with Crippen LogP contribution in [0.2, 0.25) is 0 Å². The van der Waals surface area contributed by atoms with Crippen molar-refractivity contribution in [3.05, 3.63) is 35.4 Å². The van der Waals surface area contributed by atoms with Crippen LogP contribution < -0.4 is 5.32 Å². The van der Waals surface area contributed by atoms with Gasteiger partial charge in [0.05, 0.1) is 6.73 Å². The van der Waals surface area contributed by atoms with E-state index in [2.05, 4.69) is 57.3 Å². The zero-order valence-corrected chi connectivity index (χ0v) is 11.5. The molecule has 0 radical (unpaired) electrons.